The summed E-state index contributed by atoms with van der Waals surface area (Å²) in [6.45, 7) is 6.94. The molecule has 0 N–H and O–H groups in total. The Hall–Kier alpha value is 0.430. The smallest absolute Gasteiger partial charge is 0.0178 e. The van der Waals surface area contributed by atoms with Crippen LogP contribution in [0, 0.1) is 0 Å². The summed E-state index contributed by atoms with van der Waals surface area (Å²) in [4.78, 5) is 0. The van der Waals surface area contributed by atoms with E-state index in [2.05, 4.69) is 30.0 Å². The number of rotatable bonds is 9. The van der Waals surface area contributed by atoms with Crippen molar-refractivity contribution in [2.24, 2.45) is 0 Å². The fourth-order valence-corrected chi connectivity index (χ4v) is 2.50. The predicted octanol–water partition coefficient (Wildman–Crippen LogP) is 5.17. The van der Waals surface area contributed by atoms with Gasteiger partial charge in [0.05, 0.1) is 0 Å². The van der Waals surface area contributed by atoms with E-state index in [4.69, 9.17) is 0 Å². The van der Waals surface area contributed by atoms with Crippen molar-refractivity contribution in [3.05, 3.63) is 0 Å². The molecule has 0 spiro atoms. The van der Waals surface area contributed by atoms with Crippen LogP contribution in [0.15, 0.2) is 0 Å². The van der Waals surface area contributed by atoms with Gasteiger partial charge >= 0.3 is 0 Å². The van der Waals surface area contributed by atoms with Crippen LogP contribution < -0.4 is 0 Å². The van der Waals surface area contributed by atoms with Gasteiger partial charge in [-0.05, 0) is 18.0 Å². The van der Waals surface area contributed by atoms with Crippen molar-refractivity contribution in [3.8, 4) is 0 Å². The maximum atomic E-state index is 3.04. The predicted molar refractivity (Wildman–Crippen MR) is 71.0 cm³/mol. The monoisotopic (exact) mass is 216 g/mol. The maximum Gasteiger partial charge on any atom is -0.0178 e. The van der Waals surface area contributed by atoms with Gasteiger partial charge in [-0.1, -0.05) is 65.7 Å². The molecule has 2 atom stereocenters. The van der Waals surface area contributed by atoms with Gasteiger partial charge < -0.3 is 0 Å². The minimum Gasteiger partial charge on any atom is -0.131 e. The SMILES string of the molecule is CCCCCCCCC(C)(P)CCC. The molecule has 0 fully saturated rings. The van der Waals surface area contributed by atoms with Crippen LogP contribution in [0.4, 0.5) is 0 Å². The molecule has 14 heavy (non-hydrogen) atoms. The Bertz CT molecular complexity index is 118. The number of hydrogen-bond donors (Lipinski definition) is 0. The normalized spacial score (nSPS) is 15.4. The van der Waals surface area contributed by atoms with E-state index in [1.807, 2.05) is 0 Å². The molecule has 0 aromatic carbocycles. The van der Waals surface area contributed by atoms with Gasteiger partial charge in [0.2, 0.25) is 0 Å². The Labute approximate surface area is 93.4 Å². The third kappa shape index (κ3) is 9.00. The molecular weight excluding hydrogens is 187 g/mol. The van der Waals surface area contributed by atoms with Crippen LogP contribution >= 0.6 is 9.24 Å². The molecule has 0 amide bonds. The van der Waals surface area contributed by atoms with E-state index in [0.29, 0.717) is 5.16 Å². The Kier molecular flexibility index (Phi) is 8.98. The fourth-order valence-electron chi connectivity index (χ4n) is 2.01. The molecule has 2 unspecified atom stereocenters. The quantitative estimate of drug-likeness (QED) is 0.368. The molecule has 0 rings (SSSR count). The molecule has 0 saturated heterocycles. The van der Waals surface area contributed by atoms with E-state index in [9.17, 15) is 0 Å². The van der Waals surface area contributed by atoms with Gasteiger partial charge in [0, 0.05) is 0 Å². The number of unbranched alkanes of at least 4 members (excludes halogenated alkanes) is 5. The molecule has 0 saturated carbocycles. The maximum absolute atomic E-state index is 3.04. The first kappa shape index (κ1) is 14.4. The van der Waals surface area contributed by atoms with E-state index in [1.54, 1.807) is 0 Å². The molecule has 0 aliphatic heterocycles. The molecule has 0 heterocycles. The van der Waals surface area contributed by atoms with Crippen molar-refractivity contribution >= 4 is 9.24 Å². The van der Waals surface area contributed by atoms with Crippen LogP contribution in [-0.2, 0) is 0 Å². The van der Waals surface area contributed by atoms with Crippen molar-refractivity contribution in [1.29, 1.82) is 0 Å². The summed E-state index contributed by atoms with van der Waals surface area (Å²) in [5.41, 5.74) is 0. The second-order valence-electron chi connectivity index (χ2n) is 4.92. The standard InChI is InChI=1S/C13H29P/c1-4-6-7-8-9-10-12-13(3,14)11-5-2/h4-12,14H2,1-3H3. The van der Waals surface area contributed by atoms with Crippen LogP contribution in [0.3, 0.4) is 0 Å². The lowest BCUT2D eigenvalue weighted by atomic mass is 9.97. The van der Waals surface area contributed by atoms with Gasteiger partial charge in [-0.25, -0.2) is 0 Å². The Morgan fingerprint density at radius 3 is 1.93 bits per heavy atom. The van der Waals surface area contributed by atoms with Crippen LogP contribution in [0.1, 0.15) is 78.6 Å². The summed E-state index contributed by atoms with van der Waals surface area (Å²) < 4.78 is 0. The van der Waals surface area contributed by atoms with Crippen molar-refractivity contribution in [2.45, 2.75) is 83.7 Å². The van der Waals surface area contributed by atoms with Crippen molar-refractivity contribution in [3.63, 3.8) is 0 Å². The van der Waals surface area contributed by atoms with Crippen LogP contribution in [0.2, 0.25) is 0 Å². The second kappa shape index (κ2) is 8.72. The lowest BCUT2D eigenvalue weighted by Gasteiger charge is -2.23. The molecule has 0 nitrogen and oxygen atoms in total. The molecule has 86 valence electrons. The zero-order valence-corrected chi connectivity index (χ0v) is 11.6. The van der Waals surface area contributed by atoms with E-state index in [1.165, 1.54) is 57.8 Å². The van der Waals surface area contributed by atoms with Crippen LogP contribution in [0.25, 0.3) is 0 Å². The lowest BCUT2D eigenvalue weighted by Crippen LogP contribution is -2.14. The highest BCUT2D eigenvalue weighted by Crippen LogP contribution is 2.30. The summed E-state index contributed by atoms with van der Waals surface area (Å²) in [5, 5.41) is 0.513. The Morgan fingerprint density at radius 1 is 0.786 bits per heavy atom. The summed E-state index contributed by atoms with van der Waals surface area (Å²) in [6, 6.07) is 0. The summed E-state index contributed by atoms with van der Waals surface area (Å²) in [5.74, 6) is 0. The zero-order valence-electron chi connectivity index (χ0n) is 10.4. The summed E-state index contributed by atoms with van der Waals surface area (Å²) >= 11 is 0. The highest BCUT2D eigenvalue weighted by atomic mass is 31.0. The molecule has 0 aromatic rings. The van der Waals surface area contributed by atoms with Gasteiger partial charge in [-0.2, -0.15) is 0 Å². The highest BCUT2D eigenvalue weighted by molar-refractivity contribution is 7.18. The molecule has 0 aliphatic carbocycles. The van der Waals surface area contributed by atoms with Gasteiger partial charge in [0.1, 0.15) is 0 Å². The fraction of sp³-hybridized carbons (Fsp3) is 1.00. The minimum atomic E-state index is 0.513. The summed E-state index contributed by atoms with van der Waals surface area (Å²) in [6.07, 6.45) is 12.6. The molecule has 0 radical (unpaired) electrons. The van der Waals surface area contributed by atoms with Crippen molar-refractivity contribution < 1.29 is 0 Å². The zero-order chi connectivity index (χ0) is 10.9. The van der Waals surface area contributed by atoms with E-state index < -0.39 is 0 Å². The lowest BCUT2D eigenvalue weighted by molar-refractivity contribution is 0.489. The minimum absolute atomic E-state index is 0.513. The van der Waals surface area contributed by atoms with Gasteiger partial charge in [-0.15, -0.1) is 9.24 Å². The highest BCUT2D eigenvalue weighted by Gasteiger charge is 2.15. The topological polar surface area (TPSA) is 0 Å². The average molecular weight is 216 g/mol. The van der Waals surface area contributed by atoms with Crippen molar-refractivity contribution in [2.75, 3.05) is 0 Å². The molecular formula is C13H29P. The first-order chi connectivity index (χ1) is 6.62. The molecule has 0 aromatic heterocycles. The second-order valence-corrected chi connectivity index (χ2v) is 6.32. The van der Waals surface area contributed by atoms with Crippen molar-refractivity contribution in [1.82, 2.24) is 0 Å². The Morgan fingerprint density at radius 2 is 1.36 bits per heavy atom. The summed E-state index contributed by atoms with van der Waals surface area (Å²) in [7, 11) is 3.04. The van der Waals surface area contributed by atoms with E-state index in [0.717, 1.165) is 0 Å². The number of hydrogen-bond acceptors (Lipinski definition) is 0. The average Bonchev–Trinajstić information content (AvgIpc) is 2.11. The molecule has 0 aliphatic rings. The van der Waals surface area contributed by atoms with E-state index >= 15 is 0 Å². The molecule has 1 heteroatoms. The third-order valence-corrected chi connectivity index (χ3v) is 3.50. The van der Waals surface area contributed by atoms with Gasteiger partial charge in [-0.3, -0.25) is 0 Å². The van der Waals surface area contributed by atoms with Crippen LogP contribution in [-0.4, -0.2) is 5.16 Å². The third-order valence-electron chi connectivity index (χ3n) is 2.92. The van der Waals surface area contributed by atoms with Gasteiger partial charge in [0.15, 0.2) is 0 Å². The first-order valence-electron chi connectivity index (χ1n) is 6.41. The van der Waals surface area contributed by atoms with Crippen LogP contribution in [0.5, 0.6) is 0 Å². The van der Waals surface area contributed by atoms with Gasteiger partial charge in [0.25, 0.3) is 0 Å². The first-order valence-corrected chi connectivity index (χ1v) is 6.99. The Balaban J connectivity index is 3.26. The molecule has 0 bridgehead atoms. The largest absolute Gasteiger partial charge is 0.131 e. The van der Waals surface area contributed by atoms with E-state index in [-0.39, 0.29) is 0 Å².